The quantitative estimate of drug-likeness (QED) is 0.517. The lowest BCUT2D eigenvalue weighted by molar-refractivity contribution is -0.135. The number of esters is 1. The second kappa shape index (κ2) is 4.41. The van der Waals surface area contributed by atoms with E-state index in [0.717, 1.165) is 0 Å². The van der Waals surface area contributed by atoms with Gasteiger partial charge in [0, 0.05) is 18.5 Å². The van der Waals surface area contributed by atoms with Gasteiger partial charge in [-0.05, 0) is 13.0 Å². The fraction of sp³-hybridized carbons (Fsp3) is 0.200. The molecule has 14 heavy (non-hydrogen) atoms. The van der Waals surface area contributed by atoms with Crippen LogP contribution in [0.15, 0.2) is 34.8 Å². The van der Waals surface area contributed by atoms with Gasteiger partial charge in [0.1, 0.15) is 0 Å². The Hall–Kier alpha value is -1.84. The zero-order valence-corrected chi connectivity index (χ0v) is 8.06. The third-order valence-electron chi connectivity index (χ3n) is 1.69. The smallest absolute Gasteiger partial charge is 0.334 e. The summed E-state index contributed by atoms with van der Waals surface area (Å²) < 4.78 is 5.83. The van der Waals surface area contributed by atoms with Crippen LogP contribution in [-0.2, 0) is 9.53 Å². The number of rotatable bonds is 2. The normalized spacial score (nSPS) is 11.1. The summed E-state index contributed by atoms with van der Waals surface area (Å²) in [5, 5.41) is 0. The topological polar surface area (TPSA) is 48.3 Å². The highest BCUT2D eigenvalue weighted by Crippen LogP contribution is 1.97. The number of hydrogen-bond donors (Lipinski definition) is 0. The minimum absolute atomic E-state index is 0.184. The largest absolute Gasteiger partial charge is 0.466 e. The lowest BCUT2D eigenvalue weighted by Gasteiger charge is -2.00. The van der Waals surface area contributed by atoms with Crippen molar-refractivity contribution in [3.05, 3.63) is 40.3 Å². The van der Waals surface area contributed by atoms with E-state index < -0.39 is 5.97 Å². The van der Waals surface area contributed by atoms with Crippen LogP contribution in [0.1, 0.15) is 6.92 Å². The Morgan fingerprint density at radius 1 is 1.50 bits per heavy atom. The summed E-state index contributed by atoms with van der Waals surface area (Å²) >= 11 is 0. The average Bonchev–Trinajstić information content (AvgIpc) is 2.20. The Labute approximate surface area is 81.4 Å². The molecular formula is C10H11NO3. The molecule has 0 atom stereocenters. The first-order chi connectivity index (χ1) is 6.65. The van der Waals surface area contributed by atoms with E-state index in [4.69, 9.17) is 0 Å². The van der Waals surface area contributed by atoms with Crippen molar-refractivity contribution in [2.45, 2.75) is 6.92 Å². The fourth-order valence-electron chi connectivity index (χ4n) is 0.969. The standard InChI is InChI=1S/C10H11NO3/c1-8(10(13)14-2)7-11-6-4-3-5-9(11)12/h3-7H,1-2H3. The minimum atomic E-state index is -0.444. The number of carbonyl (C=O) groups is 1. The van der Waals surface area contributed by atoms with Gasteiger partial charge in [0.05, 0.1) is 12.7 Å². The summed E-state index contributed by atoms with van der Waals surface area (Å²) in [7, 11) is 1.30. The van der Waals surface area contributed by atoms with E-state index >= 15 is 0 Å². The van der Waals surface area contributed by atoms with Crippen LogP contribution < -0.4 is 5.56 Å². The van der Waals surface area contributed by atoms with Crippen molar-refractivity contribution in [3.8, 4) is 0 Å². The Bertz CT molecular complexity index is 417. The number of methoxy groups -OCH3 is 1. The SMILES string of the molecule is COC(=O)C(C)=Cn1ccccc1=O. The first-order valence-electron chi connectivity index (χ1n) is 4.09. The molecule has 0 aliphatic heterocycles. The van der Waals surface area contributed by atoms with Crippen LogP contribution in [0.4, 0.5) is 0 Å². The first-order valence-corrected chi connectivity index (χ1v) is 4.09. The second-order valence-electron chi connectivity index (χ2n) is 2.75. The highest BCUT2D eigenvalue weighted by atomic mass is 16.5. The van der Waals surface area contributed by atoms with Gasteiger partial charge >= 0.3 is 5.97 Å². The van der Waals surface area contributed by atoms with Crippen LogP contribution in [0.2, 0.25) is 0 Å². The van der Waals surface area contributed by atoms with Crippen LogP contribution in [0.3, 0.4) is 0 Å². The van der Waals surface area contributed by atoms with Crippen LogP contribution in [0.5, 0.6) is 0 Å². The molecule has 0 amide bonds. The van der Waals surface area contributed by atoms with Gasteiger partial charge in [-0.1, -0.05) is 6.07 Å². The van der Waals surface area contributed by atoms with Gasteiger partial charge in [-0.2, -0.15) is 0 Å². The van der Waals surface area contributed by atoms with Crippen molar-refractivity contribution in [2.75, 3.05) is 7.11 Å². The number of aromatic nitrogens is 1. The zero-order chi connectivity index (χ0) is 10.6. The van der Waals surface area contributed by atoms with Gasteiger partial charge in [-0.15, -0.1) is 0 Å². The molecule has 0 radical (unpaired) electrons. The summed E-state index contributed by atoms with van der Waals surface area (Å²) in [4.78, 5) is 22.3. The number of hydrogen-bond acceptors (Lipinski definition) is 3. The predicted molar refractivity (Wildman–Crippen MR) is 52.7 cm³/mol. The molecule has 0 unspecified atom stereocenters. The summed E-state index contributed by atoms with van der Waals surface area (Å²) in [6.45, 7) is 1.59. The molecule has 4 nitrogen and oxygen atoms in total. The van der Waals surface area contributed by atoms with Crippen molar-refractivity contribution in [2.24, 2.45) is 0 Å². The maximum Gasteiger partial charge on any atom is 0.334 e. The molecule has 0 N–H and O–H groups in total. The van der Waals surface area contributed by atoms with Crippen LogP contribution in [0, 0.1) is 0 Å². The Morgan fingerprint density at radius 2 is 2.21 bits per heavy atom. The Morgan fingerprint density at radius 3 is 2.79 bits per heavy atom. The molecule has 1 heterocycles. The summed E-state index contributed by atoms with van der Waals surface area (Å²) in [5.41, 5.74) is 0.191. The Kier molecular flexibility index (Phi) is 3.23. The van der Waals surface area contributed by atoms with Crippen molar-refractivity contribution in [1.82, 2.24) is 4.57 Å². The van der Waals surface area contributed by atoms with E-state index in [9.17, 15) is 9.59 Å². The monoisotopic (exact) mass is 193 g/mol. The molecule has 0 fully saturated rings. The Balaban J connectivity index is 3.04. The third kappa shape index (κ3) is 2.32. The molecular weight excluding hydrogens is 182 g/mol. The lowest BCUT2D eigenvalue weighted by Crippen LogP contribution is -2.14. The van der Waals surface area contributed by atoms with Crippen molar-refractivity contribution in [3.63, 3.8) is 0 Å². The third-order valence-corrected chi connectivity index (χ3v) is 1.69. The number of carbonyl (C=O) groups excluding carboxylic acids is 1. The lowest BCUT2D eigenvalue weighted by atomic mass is 10.3. The zero-order valence-electron chi connectivity index (χ0n) is 8.06. The van der Waals surface area contributed by atoms with Gasteiger partial charge in [0.25, 0.3) is 5.56 Å². The number of ether oxygens (including phenoxy) is 1. The highest BCUT2D eigenvalue weighted by molar-refractivity contribution is 5.90. The van der Waals surface area contributed by atoms with Gasteiger partial charge in [0.2, 0.25) is 0 Å². The molecule has 0 saturated carbocycles. The maximum absolute atomic E-state index is 11.2. The molecule has 0 aliphatic carbocycles. The summed E-state index contributed by atoms with van der Waals surface area (Å²) in [6, 6.07) is 4.77. The fourth-order valence-corrected chi connectivity index (χ4v) is 0.969. The summed E-state index contributed by atoms with van der Waals surface area (Å²) in [6.07, 6.45) is 3.02. The first kappa shape index (κ1) is 10.2. The van der Waals surface area contributed by atoms with E-state index in [-0.39, 0.29) is 5.56 Å². The molecule has 1 rings (SSSR count). The highest BCUT2D eigenvalue weighted by Gasteiger charge is 2.02. The number of nitrogens with zero attached hydrogens (tertiary/aromatic N) is 1. The van der Waals surface area contributed by atoms with Gasteiger partial charge in [-0.25, -0.2) is 4.79 Å². The van der Waals surface area contributed by atoms with Gasteiger partial charge < -0.3 is 4.74 Å². The number of pyridine rings is 1. The molecule has 1 aromatic rings. The van der Waals surface area contributed by atoms with E-state index in [1.54, 1.807) is 25.3 Å². The average molecular weight is 193 g/mol. The van der Waals surface area contributed by atoms with Crippen LogP contribution in [0.25, 0.3) is 6.20 Å². The molecule has 4 heteroatoms. The van der Waals surface area contributed by atoms with Crippen molar-refractivity contribution >= 4 is 12.2 Å². The van der Waals surface area contributed by atoms with Gasteiger partial charge in [-0.3, -0.25) is 9.36 Å². The van der Waals surface area contributed by atoms with E-state index in [2.05, 4.69) is 4.74 Å². The minimum Gasteiger partial charge on any atom is -0.466 e. The van der Waals surface area contributed by atoms with E-state index in [0.29, 0.717) is 5.57 Å². The molecule has 74 valence electrons. The molecule has 0 spiro atoms. The molecule has 1 aromatic heterocycles. The van der Waals surface area contributed by atoms with Crippen LogP contribution in [-0.4, -0.2) is 17.6 Å². The molecule has 0 aliphatic rings. The second-order valence-corrected chi connectivity index (χ2v) is 2.75. The van der Waals surface area contributed by atoms with Gasteiger partial charge in [0.15, 0.2) is 0 Å². The molecule has 0 aromatic carbocycles. The molecule has 0 bridgehead atoms. The van der Waals surface area contributed by atoms with Crippen LogP contribution >= 0.6 is 0 Å². The van der Waals surface area contributed by atoms with E-state index in [1.807, 2.05) is 0 Å². The maximum atomic E-state index is 11.2. The van der Waals surface area contributed by atoms with Crippen molar-refractivity contribution < 1.29 is 9.53 Å². The summed E-state index contributed by atoms with van der Waals surface area (Å²) in [5.74, 6) is -0.444. The van der Waals surface area contributed by atoms with Crippen molar-refractivity contribution in [1.29, 1.82) is 0 Å². The predicted octanol–water partition coefficient (Wildman–Crippen LogP) is 0.882. The molecule has 0 saturated heterocycles. The van der Waals surface area contributed by atoms with E-state index in [1.165, 1.54) is 23.9 Å².